The SMILES string of the molecule is O=C1NCCN(C(=O)NC2CCCCC2)C1c1ccc(Cl)cc1. The van der Waals surface area contributed by atoms with Gasteiger partial charge in [-0.2, -0.15) is 0 Å². The molecule has 1 aromatic carbocycles. The molecule has 2 aliphatic rings. The predicted octanol–water partition coefficient (Wildman–Crippen LogP) is 2.86. The van der Waals surface area contributed by atoms with E-state index in [1.54, 1.807) is 29.2 Å². The fourth-order valence-corrected chi connectivity index (χ4v) is 3.49. The summed E-state index contributed by atoms with van der Waals surface area (Å²) in [5, 5.41) is 6.56. The number of carbonyl (C=O) groups is 2. The van der Waals surface area contributed by atoms with Gasteiger partial charge in [0.25, 0.3) is 0 Å². The number of hydrogen-bond acceptors (Lipinski definition) is 2. The van der Waals surface area contributed by atoms with Crippen LogP contribution in [0.15, 0.2) is 24.3 Å². The molecule has 1 atom stereocenters. The zero-order valence-electron chi connectivity index (χ0n) is 13.1. The topological polar surface area (TPSA) is 61.4 Å². The second-order valence-electron chi connectivity index (χ2n) is 6.22. The molecule has 1 aliphatic carbocycles. The second kappa shape index (κ2) is 7.21. The van der Waals surface area contributed by atoms with Crippen molar-refractivity contribution in [3.05, 3.63) is 34.9 Å². The van der Waals surface area contributed by atoms with E-state index in [0.29, 0.717) is 18.1 Å². The van der Waals surface area contributed by atoms with Crippen LogP contribution in [0.2, 0.25) is 5.02 Å². The molecule has 2 fully saturated rings. The van der Waals surface area contributed by atoms with Gasteiger partial charge in [-0.15, -0.1) is 0 Å². The van der Waals surface area contributed by atoms with Gasteiger partial charge >= 0.3 is 6.03 Å². The first-order valence-corrected chi connectivity index (χ1v) is 8.63. The van der Waals surface area contributed by atoms with Crippen LogP contribution in [0.25, 0.3) is 0 Å². The lowest BCUT2D eigenvalue weighted by Gasteiger charge is -2.36. The summed E-state index contributed by atoms with van der Waals surface area (Å²) in [5.41, 5.74) is 0.783. The van der Waals surface area contributed by atoms with Crippen molar-refractivity contribution in [2.75, 3.05) is 13.1 Å². The summed E-state index contributed by atoms with van der Waals surface area (Å²) in [5.74, 6) is -0.141. The summed E-state index contributed by atoms with van der Waals surface area (Å²) in [7, 11) is 0. The smallest absolute Gasteiger partial charge is 0.318 e. The zero-order valence-corrected chi connectivity index (χ0v) is 13.8. The number of rotatable bonds is 2. The molecular weight excluding hydrogens is 314 g/mol. The Morgan fingerprint density at radius 3 is 2.57 bits per heavy atom. The summed E-state index contributed by atoms with van der Waals surface area (Å²) in [6.45, 7) is 0.999. The molecule has 1 unspecified atom stereocenters. The average Bonchev–Trinajstić information content (AvgIpc) is 2.56. The van der Waals surface area contributed by atoms with Crippen molar-refractivity contribution in [2.24, 2.45) is 0 Å². The number of carbonyl (C=O) groups excluding carboxylic acids is 2. The number of piperazine rings is 1. The maximum Gasteiger partial charge on any atom is 0.318 e. The molecule has 5 nitrogen and oxygen atoms in total. The fourth-order valence-electron chi connectivity index (χ4n) is 3.37. The molecule has 1 saturated heterocycles. The van der Waals surface area contributed by atoms with Gasteiger partial charge in [0, 0.05) is 24.2 Å². The van der Waals surface area contributed by atoms with E-state index in [9.17, 15) is 9.59 Å². The molecule has 3 rings (SSSR count). The number of nitrogens with zero attached hydrogens (tertiary/aromatic N) is 1. The van der Waals surface area contributed by atoms with Crippen LogP contribution in [0.4, 0.5) is 4.79 Å². The lowest BCUT2D eigenvalue weighted by Crippen LogP contribution is -2.56. The Hall–Kier alpha value is -1.75. The highest BCUT2D eigenvalue weighted by atomic mass is 35.5. The van der Waals surface area contributed by atoms with Crippen molar-refractivity contribution >= 4 is 23.5 Å². The molecule has 3 amide bonds. The number of benzene rings is 1. The van der Waals surface area contributed by atoms with Crippen molar-refractivity contribution in [3.63, 3.8) is 0 Å². The molecule has 6 heteroatoms. The first-order valence-electron chi connectivity index (χ1n) is 8.25. The van der Waals surface area contributed by atoms with Gasteiger partial charge < -0.3 is 15.5 Å². The number of hydrogen-bond donors (Lipinski definition) is 2. The lowest BCUT2D eigenvalue weighted by molar-refractivity contribution is -0.127. The fraction of sp³-hybridized carbons (Fsp3) is 0.529. The molecule has 0 radical (unpaired) electrons. The number of nitrogens with one attached hydrogen (secondary N) is 2. The molecule has 1 aromatic rings. The standard InChI is InChI=1S/C17H22ClN3O2/c18-13-8-6-12(7-9-13)15-16(22)19-10-11-21(15)17(23)20-14-4-2-1-3-5-14/h6-9,14-15H,1-5,10-11H2,(H,19,22)(H,20,23). The highest BCUT2D eigenvalue weighted by Gasteiger charge is 2.35. The van der Waals surface area contributed by atoms with Crippen LogP contribution in [0.3, 0.4) is 0 Å². The third-order valence-corrected chi connectivity index (χ3v) is 4.84. The average molecular weight is 336 g/mol. The molecule has 2 N–H and O–H groups in total. The number of urea groups is 1. The molecule has 124 valence electrons. The van der Waals surface area contributed by atoms with Gasteiger partial charge in [0.2, 0.25) is 5.91 Å². The summed E-state index contributed by atoms with van der Waals surface area (Å²) in [4.78, 5) is 26.6. The van der Waals surface area contributed by atoms with E-state index in [1.165, 1.54) is 6.42 Å². The lowest BCUT2D eigenvalue weighted by atomic mass is 9.95. The maximum absolute atomic E-state index is 12.7. The Balaban J connectivity index is 1.75. The van der Waals surface area contributed by atoms with Crippen LogP contribution < -0.4 is 10.6 Å². The van der Waals surface area contributed by atoms with E-state index in [2.05, 4.69) is 10.6 Å². The van der Waals surface area contributed by atoms with Gasteiger partial charge in [-0.3, -0.25) is 4.79 Å². The van der Waals surface area contributed by atoms with Crippen molar-refractivity contribution < 1.29 is 9.59 Å². The first kappa shape index (κ1) is 16.1. The van der Waals surface area contributed by atoms with Gasteiger partial charge in [0.05, 0.1) is 0 Å². The monoisotopic (exact) mass is 335 g/mol. The van der Waals surface area contributed by atoms with Gasteiger partial charge in [0.1, 0.15) is 6.04 Å². The maximum atomic E-state index is 12.7. The van der Waals surface area contributed by atoms with Gasteiger partial charge in [-0.05, 0) is 30.5 Å². The van der Waals surface area contributed by atoms with Crippen LogP contribution >= 0.6 is 11.6 Å². The van der Waals surface area contributed by atoms with Crippen LogP contribution in [-0.2, 0) is 4.79 Å². The van der Waals surface area contributed by atoms with E-state index in [4.69, 9.17) is 11.6 Å². The van der Waals surface area contributed by atoms with E-state index < -0.39 is 6.04 Å². The normalized spacial score (nSPS) is 22.6. The second-order valence-corrected chi connectivity index (χ2v) is 6.66. The van der Waals surface area contributed by atoms with Crippen LogP contribution in [-0.4, -0.2) is 36.0 Å². The van der Waals surface area contributed by atoms with Crippen LogP contribution in [0.1, 0.15) is 43.7 Å². The Bertz CT molecular complexity index is 570. The minimum absolute atomic E-state index is 0.141. The Kier molecular flexibility index (Phi) is 5.06. The Labute approximate surface area is 141 Å². The van der Waals surface area contributed by atoms with Gasteiger partial charge in [0.15, 0.2) is 0 Å². The molecular formula is C17H22ClN3O2. The van der Waals surface area contributed by atoms with Gasteiger partial charge in [-0.1, -0.05) is 43.0 Å². The third-order valence-electron chi connectivity index (χ3n) is 4.59. The van der Waals surface area contributed by atoms with Gasteiger partial charge in [-0.25, -0.2) is 4.79 Å². The van der Waals surface area contributed by atoms with Crippen LogP contribution in [0, 0.1) is 0 Å². The Morgan fingerprint density at radius 2 is 1.87 bits per heavy atom. The van der Waals surface area contributed by atoms with Crippen LogP contribution in [0.5, 0.6) is 0 Å². The third kappa shape index (κ3) is 3.78. The van der Waals surface area contributed by atoms with E-state index in [-0.39, 0.29) is 18.0 Å². The summed E-state index contributed by atoms with van der Waals surface area (Å²) in [6, 6.07) is 6.59. The molecule has 1 heterocycles. The molecule has 0 spiro atoms. The highest BCUT2D eigenvalue weighted by molar-refractivity contribution is 6.30. The molecule has 23 heavy (non-hydrogen) atoms. The largest absolute Gasteiger partial charge is 0.352 e. The van der Waals surface area contributed by atoms with E-state index in [1.807, 2.05) is 0 Å². The van der Waals surface area contributed by atoms with Crippen molar-refractivity contribution in [3.8, 4) is 0 Å². The van der Waals surface area contributed by atoms with Crippen molar-refractivity contribution in [1.29, 1.82) is 0 Å². The number of amides is 3. The first-order chi connectivity index (χ1) is 11.1. The predicted molar refractivity (Wildman–Crippen MR) is 89.3 cm³/mol. The molecule has 0 aromatic heterocycles. The molecule has 1 saturated carbocycles. The number of halogens is 1. The summed E-state index contributed by atoms with van der Waals surface area (Å²) < 4.78 is 0. The van der Waals surface area contributed by atoms with E-state index >= 15 is 0 Å². The van der Waals surface area contributed by atoms with Crippen molar-refractivity contribution in [1.82, 2.24) is 15.5 Å². The highest BCUT2D eigenvalue weighted by Crippen LogP contribution is 2.25. The molecule has 1 aliphatic heterocycles. The summed E-state index contributed by atoms with van der Waals surface area (Å²) in [6.07, 6.45) is 5.61. The van der Waals surface area contributed by atoms with Crippen molar-refractivity contribution in [2.45, 2.75) is 44.2 Å². The molecule has 0 bridgehead atoms. The quantitative estimate of drug-likeness (QED) is 0.873. The Morgan fingerprint density at radius 1 is 1.17 bits per heavy atom. The van der Waals surface area contributed by atoms with E-state index in [0.717, 1.165) is 31.2 Å². The minimum Gasteiger partial charge on any atom is -0.352 e. The minimum atomic E-state index is -0.593. The summed E-state index contributed by atoms with van der Waals surface area (Å²) >= 11 is 5.92. The zero-order chi connectivity index (χ0) is 16.2.